The standard InChI is InChI=1S/C17H24N2O/c1-4-19-17(12-18)7-5-6-15(11-17)20-16-9-13(2)8-14(3)10-16/h8-10,15,19H,4-7,11H2,1-3H3. The molecule has 0 amide bonds. The summed E-state index contributed by atoms with van der Waals surface area (Å²) in [5.74, 6) is 0.928. The number of hydrogen-bond acceptors (Lipinski definition) is 3. The van der Waals surface area contributed by atoms with Gasteiger partial charge in [-0.3, -0.25) is 5.32 Å². The lowest BCUT2D eigenvalue weighted by molar-refractivity contribution is 0.113. The number of aryl methyl sites for hydroxylation is 2. The Bertz CT molecular complexity index is 482. The Hall–Kier alpha value is -1.53. The van der Waals surface area contributed by atoms with E-state index in [4.69, 9.17) is 4.74 Å². The molecule has 0 aromatic heterocycles. The van der Waals surface area contributed by atoms with Crippen molar-refractivity contribution in [3.8, 4) is 11.8 Å². The molecule has 1 saturated carbocycles. The molecular weight excluding hydrogens is 248 g/mol. The van der Waals surface area contributed by atoms with Crippen LogP contribution in [0.3, 0.4) is 0 Å². The van der Waals surface area contributed by atoms with E-state index in [-0.39, 0.29) is 6.10 Å². The van der Waals surface area contributed by atoms with Crippen LogP contribution < -0.4 is 10.1 Å². The number of nitrogens with zero attached hydrogens (tertiary/aromatic N) is 1. The van der Waals surface area contributed by atoms with Gasteiger partial charge < -0.3 is 4.74 Å². The fourth-order valence-electron chi connectivity index (χ4n) is 3.16. The first-order valence-electron chi connectivity index (χ1n) is 7.48. The summed E-state index contributed by atoms with van der Waals surface area (Å²) >= 11 is 0. The van der Waals surface area contributed by atoms with Gasteiger partial charge in [0, 0.05) is 6.42 Å². The van der Waals surface area contributed by atoms with Gasteiger partial charge in [-0.1, -0.05) is 13.0 Å². The first-order chi connectivity index (χ1) is 9.57. The Labute approximate surface area is 121 Å². The lowest BCUT2D eigenvalue weighted by atomic mass is 9.81. The maximum Gasteiger partial charge on any atom is 0.120 e. The van der Waals surface area contributed by atoms with Crippen LogP contribution in [0.1, 0.15) is 43.7 Å². The van der Waals surface area contributed by atoms with Gasteiger partial charge in [-0.15, -0.1) is 0 Å². The summed E-state index contributed by atoms with van der Waals surface area (Å²) in [4.78, 5) is 0. The lowest BCUT2D eigenvalue weighted by Crippen LogP contribution is -2.49. The van der Waals surface area contributed by atoms with E-state index in [1.165, 1.54) is 11.1 Å². The van der Waals surface area contributed by atoms with Gasteiger partial charge in [0.05, 0.1) is 6.07 Å². The molecule has 2 rings (SSSR count). The maximum absolute atomic E-state index is 9.48. The summed E-state index contributed by atoms with van der Waals surface area (Å²) in [6, 6.07) is 8.76. The largest absolute Gasteiger partial charge is 0.490 e. The number of ether oxygens (including phenoxy) is 1. The number of nitrogens with one attached hydrogen (secondary N) is 1. The Kier molecular flexibility index (Phi) is 4.67. The fourth-order valence-corrected chi connectivity index (χ4v) is 3.16. The second-order valence-corrected chi connectivity index (χ2v) is 5.88. The molecule has 0 heterocycles. The summed E-state index contributed by atoms with van der Waals surface area (Å²) in [5.41, 5.74) is 2.03. The molecule has 0 bridgehead atoms. The van der Waals surface area contributed by atoms with E-state index in [0.717, 1.165) is 38.0 Å². The number of hydrogen-bond donors (Lipinski definition) is 1. The number of rotatable bonds is 4. The molecule has 1 aliphatic rings. The molecule has 108 valence electrons. The molecule has 3 heteroatoms. The summed E-state index contributed by atoms with van der Waals surface area (Å²) in [6.45, 7) is 7.04. The predicted octanol–water partition coefficient (Wildman–Crippen LogP) is 3.50. The van der Waals surface area contributed by atoms with Crippen molar-refractivity contribution in [1.82, 2.24) is 5.32 Å². The third-order valence-electron chi connectivity index (χ3n) is 3.93. The second-order valence-electron chi connectivity index (χ2n) is 5.88. The summed E-state index contributed by atoms with van der Waals surface area (Å²) < 4.78 is 6.13. The monoisotopic (exact) mass is 272 g/mol. The van der Waals surface area contributed by atoms with Crippen molar-refractivity contribution >= 4 is 0 Å². The highest BCUT2D eigenvalue weighted by atomic mass is 16.5. The van der Waals surface area contributed by atoms with Crippen LogP contribution in [0.15, 0.2) is 18.2 Å². The smallest absolute Gasteiger partial charge is 0.120 e. The van der Waals surface area contributed by atoms with E-state index in [0.29, 0.717) is 0 Å². The molecule has 1 aliphatic carbocycles. The van der Waals surface area contributed by atoms with Gasteiger partial charge in [-0.2, -0.15) is 5.26 Å². The average Bonchev–Trinajstić information content (AvgIpc) is 2.38. The van der Waals surface area contributed by atoms with Crippen LogP contribution in [0.25, 0.3) is 0 Å². The van der Waals surface area contributed by atoms with Crippen molar-refractivity contribution in [3.05, 3.63) is 29.3 Å². The van der Waals surface area contributed by atoms with Gasteiger partial charge in [0.1, 0.15) is 17.4 Å². The molecule has 2 unspecified atom stereocenters. The number of nitriles is 1. The SMILES string of the molecule is CCNC1(C#N)CCCC(Oc2cc(C)cc(C)c2)C1. The van der Waals surface area contributed by atoms with Crippen LogP contribution in [0.2, 0.25) is 0 Å². The third kappa shape index (κ3) is 3.52. The highest BCUT2D eigenvalue weighted by molar-refractivity contribution is 5.33. The zero-order chi connectivity index (χ0) is 14.6. The molecule has 0 saturated heterocycles. The Morgan fingerprint density at radius 1 is 1.35 bits per heavy atom. The topological polar surface area (TPSA) is 45.0 Å². The third-order valence-corrected chi connectivity index (χ3v) is 3.93. The van der Waals surface area contributed by atoms with Crippen LogP contribution in [0, 0.1) is 25.2 Å². The van der Waals surface area contributed by atoms with E-state index >= 15 is 0 Å². The molecule has 1 aromatic rings. The Morgan fingerprint density at radius 3 is 2.65 bits per heavy atom. The Balaban J connectivity index is 2.08. The van der Waals surface area contributed by atoms with Crippen LogP contribution >= 0.6 is 0 Å². The summed E-state index contributed by atoms with van der Waals surface area (Å²) in [7, 11) is 0. The minimum atomic E-state index is -0.406. The Morgan fingerprint density at radius 2 is 2.05 bits per heavy atom. The van der Waals surface area contributed by atoms with Crippen molar-refractivity contribution in [1.29, 1.82) is 5.26 Å². The van der Waals surface area contributed by atoms with E-state index in [2.05, 4.69) is 43.4 Å². The van der Waals surface area contributed by atoms with Crippen LogP contribution in [0.5, 0.6) is 5.75 Å². The molecule has 2 atom stereocenters. The van der Waals surface area contributed by atoms with Crippen molar-refractivity contribution in [3.63, 3.8) is 0 Å². The van der Waals surface area contributed by atoms with Crippen molar-refractivity contribution in [2.24, 2.45) is 0 Å². The van der Waals surface area contributed by atoms with Crippen molar-refractivity contribution < 1.29 is 4.74 Å². The minimum absolute atomic E-state index is 0.128. The average molecular weight is 272 g/mol. The van der Waals surface area contributed by atoms with E-state index < -0.39 is 5.54 Å². The molecule has 1 aromatic carbocycles. The van der Waals surface area contributed by atoms with Crippen LogP contribution in [-0.2, 0) is 0 Å². The normalized spacial score (nSPS) is 26.0. The van der Waals surface area contributed by atoms with E-state index in [9.17, 15) is 5.26 Å². The first kappa shape index (κ1) is 14.9. The van der Waals surface area contributed by atoms with Gasteiger partial charge in [0.25, 0.3) is 0 Å². The summed E-state index contributed by atoms with van der Waals surface area (Å²) in [6.07, 6.45) is 3.88. The lowest BCUT2D eigenvalue weighted by Gasteiger charge is -2.36. The molecule has 1 N–H and O–H groups in total. The molecule has 20 heavy (non-hydrogen) atoms. The molecule has 0 spiro atoms. The minimum Gasteiger partial charge on any atom is -0.490 e. The highest BCUT2D eigenvalue weighted by Gasteiger charge is 2.36. The van der Waals surface area contributed by atoms with Gasteiger partial charge in [0.15, 0.2) is 0 Å². The first-order valence-corrected chi connectivity index (χ1v) is 7.48. The van der Waals surface area contributed by atoms with Gasteiger partial charge >= 0.3 is 0 Å². The summed E-state index contributed by atoms with van der Waals surface area (Å²) in [5, 5.41) is 12.8. The molecule has 0 radical (unpaired) electrons. The van der Waals surface area contributed by atoms with Crippen LogP contribution in [-0.4, -0.2) is 18.2 Å². The molecular formula is C17H24N2O. The highest BCUT2D eigenvalue weighted by Crippen LogP contribution is 2.31. The zero-order valence-electron chi connectivity index (χ0n) is 12.7. The van der Waals surface area contributed by atoms with Crippen molar-refractivity contribution in [2.75, 3.05) is 6.54 Å². The fraction of sp³-hybridized carbons (Fsp3) is 0.588. The van der Waals surface area contributed by atoms with Crippen molar-refractivity contribution in [2.45, 2.75) is 58.1 Å². The zero-order valence-corrected chi connectivity index (χ0v) is 12.7. The van der Waals surface area contributed by atoms with E-state index in [1.54, 1.807) is 0 Å². The molecule has 1 fully saturated rings. The van der Waals surface area contributed by atoms with Crippen LogP contribution in [0.4, 0.5) is 0 Å². The van der Waals surface area contributed by atoms with Gasteiger partial charge in [-0.05, 0) is 62.9 Å². The second kappa shape index (κ2) is 6.28. The molecule has 3 nitrogen and oxygen atoms in total. The van der Waals surface area contributed by atoms with E-state index in [1.807, 2.05) is 6.92 Å². The molecule has 0 aliphatic heterocycles. The van der Waals surface area contributed by atoms with Gasteiger partial charge in [0.2, 0.25) is 0 Å². The quantitative estimate of drug-likeness (QED) is 0.912. The number of benzene rings is 1. The van der Waals surface area contributed by atoms with Gasteiger partial charge in [-0.25, -0.2) is 0 Å². The maximum atomic E-state index is 9.48. The predicted molar refractivity (Wildman–Crippen MR) is 80.8 cm³/mol.